The second kappa shape index (κ2) is 4.97. The lowest BCUT2D eigenvalue weighted by Crippen LogP contribution is -2.41. The lowest BCUT2D eigenvalue weighted by molar-refractivity contribution is -0.313. The molecule has 6 nitrogen and oxygen atoms in total. The number of halogens is 6. The summed E-state index contributed by atoms with van der Waals surface area (Å²) in [5, 5.41) is 8.25. The van der Waals surface area contributed by atoms with Crippen LogP contribution in [0.5, 0.6) is 0 Å². The van der Waals surface area contributed by atoms with Crippen LogP contribution in [0.25, 0.3) is 0 Å². The molecule has 0 aromatic rings. The van der Waals surface area contributed by atoms with Gasteiger partial charge in [0.05, 0.1) is 11.0 Å². The van der Waals surface area contributed by atoms with E-state index in [9.17, 15) is 53.1 Å². The highest BCUT2D eigenvalue weighted by molar-refractivity contribution is 7.93. The fourth-order valence-corrected chi connectivity index (χ4v) is 4.36. The van der Waals surface area contributed by atoms with Crippen LogP contribution in [0.4, 0.5) is 26.3 Å². The van der Waals surface area contributed by atoms with Crippen LogP contribution in [0, 0.1) is 5.41 Å². The number of carbonyl (C=O) groups is 1. The Labute approximate surface area is 119 Å². The first-order chi connectivity index (χ1) is 9.49. The van der Waals surface area contributed by atoms with Gasteiger partial charge in [-0.3, -0.25) is 0 Å². The van der Waals surface area contributed by atoms with Gasteiger partial charge >= 0.3 is 11.0 Å². The molecular weight excluding hydrogens is 370 g/mol. The molecule has 0 amide bonds. The van der Waals surface area contributed by atoms with E-state index in [2.05, 4.69) is 0 Å². The average Bonchev–Trinajstić information content (AvgIpc) is 3.00. The van der Waals surface area contributed by atoms with Gasteiger partial charge < -0.3 is 9.90 Å². The van der Waals surface area contributed by atoms with Gasteiger partial charge in [-0.05, 0) is 12.8 Å². The van der Waals surface area contributed by atoms with Crippen molar-refractivity contribution in [3.05, 3.63) is 0 Å². The monoisotopic (exact) mass is 377 g/mol. The van der Waals surface area contributed by atoms with Gasteiger partial charge in [-0.25, -0.2) is 16.8 Å². The molecule has 1 fully saturated rings. The van der Waals surface area contributed by atoms with Crippen LogP contribution in [0.15, 0.2) is 0 Å². The molecular formula is C8H7F6O6S2-. The number of aliphatic carboxylic acids is 1. The smallest absolute Gasteiger partial charge is 0.497 e. The van der Waals surface area contributed by atoms with Crippen molar-refractivity contribution in [1.82, 2.24) is 0 Å². The number of carbonyl (C=O) groups excluding carboxylic acids is 1. The predicted molar refractivity (Wildman–Crippen MR) is 55.3 cm³/mol. The molecule has 1 saturated carbocycles. The van der Waals surface area contributed by atoms with E-state index in [0.717, 1.165) is 0 Å². The maximum Gasteiger partial charge on any atom is 0.497 e. The van der Waals surface area contributed by atoms with Crippen molar-refractivity contribution < 1.29 is 53.1 Å². The first kappa shape index (κ1) is 19.0. The predicted octanol–water partition coefficient (Wildman–Crippen LogP) is -0.246. The number of rotatable bonds is 5. The van der Waals surface area contributed by atoms with Crippen molar-refractivity contribution in [3.8, 4) is 0 Å². The molecule has 1 aliphatic carbocycles. The Morgan fingerprint density at radius 3 is 1.82 bits per heavy atom. The van der Waals surface area contributed by atoms with Crippen LogP contribution in [-0.4, -0.2) is 44.8 Å². The molecule has 0 aromatic carbocycles. The second-order valence-corrected chi connectivity index (χ2v) is 8.86. The van der Waals surface area contributed by atoms with Gasteiger partial charge in [0.25, 0.3) is 9.84 Å². The normalized spacial score (nSPS) is 26.7. The fourth-order valence-electron chi connectivity index (χ4n) is 1.85. The quantitative estimate of drug-likeness (QED) is 0.612. The highest BCUT2D eigenvalue weighted by Gasteiger charge is 2.69. The van der Waals surface area contributed by atoms with E-state index in [0.29, 0.717) is 0 Å². The van der Waals surface area contributed by atoms with Gasteiger partial charge in [-0.2, -0.15) is 26.3 Å². The number of hydrogen-bond donors (Lipinski definition) is 0. The molecule has 0 radical (unpaired) electrons. The lowest BCUT2D eigenvalue weighted by Gasteiger charge is -2.19. The van der Waals surface area contributed by atoms with E-state index in [4.69, 9.17) is 0 Å². The van der Waals surface area contributed by atoms with E-state index in [-0.39, 0.29) is 0 Å². The van der Waals surface area contributed by atoms with Crippen LogP contribution >= 0.6 is 0 Å². The molecule has 0 N–H and O–H groups in total. The van der Waals surface area contributed by atoms with Crippen LogP contribution in [0.1, 0.15) is 12.8 Å². The Hall–Kier alpha value is -1.05. The van der Waals surface area contributed by atoms with Crippen molar-refractivity contribution in [2.45, 2.75) is 29.1 Å². The molecule has 0 heterocycles. The highest BCUT2D eigenvalue weighted by Crippen LogP contribution is 2.56. The Balaban J connectivity index is 3.05. The molecule has 0 aliphatic heterocycles. The zero-order valence-corrected chi connectivity index (χ0v) is 11.9. The summed E-state index contributed by atoms with van der Waals surface area (Å²) < 4.78 is 117. The van der Waals surface area contributed by atoms with Crippen LogP contribution in [0.2, 0.25) is 0 Å². The Morgan fingerprint density at radius 2 is 1.50 bits per heavy atom. The number of carboxylic acid groups (broad SMARTS) is 1. The number of alkyl halides is 6. The van der Waals surface area contributed by atoms with Gasteiger partial charge in [-0.15, -0.1) is 0 Å². The van der Waals surface area contributed by atoms with Gasteiger partial charge in [0.1, 0.15) is 0 Å². The molecule has 0 aromatic heterocycles. The maximum absolute atomic E-state index is 12.3. The van der Waals surface area contributed by atoms with Crippen molar-refractivity contribution in [1.29, 1.82) is 0 Å². The van der Waals surface area contributed by atoms with Crippen molar-refractivity contribution in [3.63, 3.8) is 0 Å². The largest absolute Gasteiger partial charge is 0.550 e. The molecule has 0 spiro atoms. The summed E-state index contributed by atoms with van der Waals surface area (Å²) in [4.78, 5) is 10.8. The Bertz CT molecular complexity index is 675. The van der Waals surface area contributed by atoms with E-state index in [1.165, 1.54) is 0 Å². The molecule has 2 unspecified atom stereocenters. The molecule has 0 bridgehead atoms. The van der Waals surface area contributed by atoms with E-state index < -0.39 is 65.9 Å². The average molecular weight is 377 g/mol. The molecule has 14 heteroatoms. The van der Waals surface area contributed by atoms with Crippen LogP contribution in [0.3, 0.4) is 0 Å². The van der Waals surface area contributed by atoms with Crippen molar-refractivity contribution in [2.24, 2.45) is 5.41 Å². The summed E-state index contributed by atoms with van der Waals surface area (Å²) in [6, 6.07) is 0. The zero-order valence-electron chi connectivity index (χ0n) is 10.2. The summed E-state index contributed by atoms with van der Waals surface area (Å²) in [7, 11) is -11.8. The standard InChI is InChI=1S/C8H8F6O6S2/c9-7(10,11)21(17,18)2-1-6(5(15)16)3-4(6)22(19,20)8(12,13)14/h4H,1-3H2,(H,15,16)/p-1. The Morgan fingerprint density at radius 1 is 1.05 bits per heavy atom. The van der Waals surface area contributed by atoms with Crippen molar-refractivity contribution in [2.75, 3.05) is 5.75 Å². The number of hydrogen-bond acceptors (Lipinski definition) is 6. The minimum absolute atomic E-state index is 1.16. The molecule has 0 saturated heterocycles. The summed E-state index contributed by atoms with van der Waals surface area (Å²) in [5.41, 5.74) is -14.3. The van der Waals surface area contributed by atoms with E-state index in [1.54, 1.807) is 0 Å². The maximum atomic E-state index is 12.3. The SMILES string of the molecule is O=C([O-])C1(CCS(=O)(=O)C(F)(F)F)CC1S(=O)(=O)C(F)(F)F. The van der Waals surface area contributed by atoms with E-state index >= 15 is 0 Å². The summed E-state index contributed by atoms with van der Waals surface area (Å²) in [6.07, 6.45) is -2.61. The second-order valence-electron chi connectivity index (χ2n) is 4.64. The molecule has 2 atom stereocenters. The summed E-state index contributed by atoms with van der Waals surface area (Å²) in [5.74, 6) is -4.20. The highest BCUT2D eigenvalue weighted by atomic mass is 32.2. The molecule has 1 aliphatic rings. The lowest BCUT2D eigenvalue weighted by atomic mass is 10.1. The summed E-state index contributed by atoms with van der Waals surface area (Å²) >= 11 is 0. The number of sulfone groups is 2. The van der Waals surface area contributed by atoms with Gasteiger partial charge in [-0.1, -0.05) is 0 Å². The molecule has 130 valence electrons. The van der Waals surface area contributed by atoms with Crippen LogP contribution < -0.4 is 5.11 Å². The van der Waals surface area contributed by atoms with Gasteiger partial charge in [0.15, 0.2) is 0 Å². The minimum Gasteiger partial charge on any atom is -0.550 e. The zero-order chi connectivity index (χ0) is 17.8. The Kier molecular flexibility index (Phi) is 4.30. The van der Waals surface area contributed by atoms with Gasteiger partial charge in [0.2, 0.25) is 9.84 Å². The molecule has 1 rings (SSSR count). The number of carboxylic acids is 1. The topological polar surface area (TPSA) is 108 Å². The van der Waals surface area contributed by atoms with E-state index in [1.807, 2.05) is 0 Å². The van der Waals surface area contributed by atoms with Crippen molar-refractivity contribution >= 4 is 25.6 Å². The third-order valence-electron chi connectivity index (χ3n) is 3.28. The summed E-state index contributed by atoms with van der Waals surface area (Å²) in [6.45, 7) is 0. The minimum atomic E-state index is -5.96. The third kappa shape index (κ3) is 3.02. The first-order valence-corrected chi connectivity index (χ1v) is 8.49. The fraction of sp³-hybridized carbons (Fsp3) is 0.875. The first-order valence-electron chi connectivity index (χ1n) is 5.30. The molecule has 22 heavy (non-hydrogen) atoms. The van der Waals surface area contributed by atoms with Gasteiger partial charge in [0, 0.05) is 11.4 Å². The van der Waals surface area contributed by atoms with Crippen LogP contribution in [-0.2, 0) is 24.5 Å². The third-order valence-corrected chi connectivity index (χ3v) is 6.74.